The molecule has 1 aromatic rings. The highest BCUT2D eigenvalue weighted by atomic mass is 16.5. The van der Waals surface area contributed by atoms with Crippen LogP contribution in [0.2, 0.25) is 0 Å². The van der Waals surface area contributed by atoms with Gasteiger partial charge in [0.25, 0.3) is 0 Å². The number of aromatic nitrogens is 2. The van der Waals surface area contributed by atoms with Gasteiger partial charge in [-0.2, -0.15) is 0 Å². The summed E-state index contributed by atoms with van der Waals surface area (Å²) in [6.45, 7) is 5.86. The predicted molar refractivity (Wildman–Crippen MR) is 65.8 cm³/mol. The minimum atomic E-state index is 0.480. The molecular weight excluding hydrogens is 220 g/mol. The summed E-state index contributed by atoms with van der Waals surface area (Å²) < 4.78 is 10.9. The Bertz CT molecular complexity index is 333. The van der Waals surface area contributed by atoms with Gasteiger partial charge in [0.1, 0.15) is 18.8 Å². The summed E-state index contributed by atoms with van der Waals surface area (Å²) >= 11 is 0. The third kappa shape index (κ3) is 4.16. The molecule has 0 bridgehead atoms. The Morgan fingerprint density at radius 3 is 2.71 bits per heavy atom. The van der Waals surface area contributed by atoms with Crippen LogP contribution in [0.3, 0.4) is 0 Å². The minimum absolute atomic E-state index is 0.480. The van der Waals surface area contributed by atoms with Crippen LogP contribution >= 0.6 is 0 Å². The van der Waals surface area contributed by atoms with E-state index >= 15 is 0 Å². The molecule has 6 nitrogen and oxygen atoms in total. The van der Waals surface area contributed by atoms with Crippen LogP contribution in [0.1, 0.15) is 25.8 Å². The third-order valence-electron chi connectivity index (χ3n) is 2.21. The van der Waals surface area contributed by atoms with Crippen LogP contribution in [0.4, 0.5) is 5.82 Å². The first kappa shape index (κ1) is 13.7. The molecule has 0 spiro atoms. The zero-order valence-corrected chi connectivity index (χ0v) is 10.4. The maximum absolute atomic E-state index is 5.55. The van der Waals surface area contributed by atoms with Crippen LogP contribution in [0.25, 0.3) is 0 Å². The fourth-order valence-corrected chi connectivity index (χ4v) is 1.41. The van der Waals surface area contributed by atoms with Gasteiger partial charge in [-0.25, -0.2) is 15.8 Å². The standard InChI is InChI=1S/C11H20N4O2/c1-3-5-16-6-7-17-11-9(4-2)10(15-12)13-8-14-11/h8H,3-7,12H2,1-2H3,(H,13,14,15). The summed E-state index contributed by atoms with van der Waals surface area (Å²) in [5.74, 6) is 6.54. The molecule has 6 heteroatoms. The highest BCUT2D eigenvalue weighted by Crippen LogP contribution is 2.21. The average Bonchev–Trinajstić information content (AvgIpc) is 2.38. The summed E-state index contributed by atoms with van der Waals surface area (Å²) in [5.41, 5.74) is 3.42. The van der Waals surface area contributed by atoms with Crippen LogP contribution in [0.15, 0.2) is 6.33 Å². The molecule has 0 unspecified atom stereocenters. The van der Waals surface area contributed by atoms with Crippen molar-refractivity contribution in [1.29, 1.82) is 0 Å². The first-order chi connectivity index (χ1) is 8.33. The quantitative estimate of drug-likeness (QED) is 0.402. The molecule has 0 saturated heterocycles. The second kappa shape index (κ2) is 7.81. The van der Waals surface area contributed by atoms with E-state index in [-0.39, 0.29) is 0 Å². The summed E-state index contributed by atoms with van der Waals surface area (Å²) in [7, 11) is 0. The number of ether oxygens (including phenoxy) is 2. The van der Waals surface area contributed by atoms with Crippen molar-refractivity contribution in [1.82, 2.24) is 9.97 Å². The van der Waals surface area contributed by atoms with Gasteiger partial charge >= 0.3 is 0 Å². The molecule has 0 atom stereocenters. The SMILES string of the molecule is CCCOCCOc1ncnc(NN)c1CC. The van der Waals surface area contributed by atoms with Gasteiger partial charge in [-0.05, 0) is 12.8 Å². The van der Waals surface area contributed by atoms with E-state index in [0.29, 0.717) is 24.9 Å². The number of nitrogen functional groups attached to an aromatic ring is 1. The van der Waals surface area contributed by atoms with Crippen molar-refractivity contribution in [3.63, 3.8) is 0 Å². The van der Waals surface area contributed by atoms with E-state index in [2.05, 4.69) is 22.3 Å². The number of hydrazine groups is 1. The van der Waals surface area contributed by atoms with Crippen LogP contribution in [-0.2, 0) is 11.2 Å². The summed E-state index contributed by atoms with van der Waals surface area (Å²) in [6.07, 6.45) is 3.19. The molecular formula is C11H20N4O2. The summed E-state index contributed by atoms with van der Waals surface area (Å²) in [4.78, 5) is 8.12. The van der Waals surface area contributed by atoms with E-state index in [1.165, 1.54) is 6.33 Å². The number of nitrogens with one attached hydrogen (secondary N) is 1. The fraction of sp³-hybridized carbons (Fsp3) is 0.636. The number of hydrogen-bond donors (Lipinski definition) is 2. The Labute approximate surface area is 102 Å². The van der Waals surface area contributed by atoms with Crippen molar-refractivity contribution < 1.29 is 9.47 Å². The minimum Gasteiger partial charge on any atom is -0.475 e. The fourth-order valence-electron chi connectivity index (χ4n) is 1.41. The molecule has 1 heterocycles. The van der Waals surface area contributed by atoms with Gasteiger partial charge in [0.05, 0.1) is 12.2 Å². The van der Waals surface area contributed by atoms with Gasteiger partial charge in [0, 0.05) is 6.61 Å². The molecule has 0 saturated carbocycles. The molecule has 0 radical (unpaired) electrons. The lowest BCUT2D eigenvalue weighted by Gasteiger charge is -2.11. The Balaban J connectivity index is 2.52. The topological polar surface area (TPSA) is 82.3 Å². The van der Waals surface area contributed by atoms with Crippen LogP contribution in [0, 0.1) is 0 Å². The molecule has 17 heavy (non-hydrogen) atoms. The Morgan fingerprint density at radius 1 is 1.24 bits per heavy atom. The number of nitrogens with zero attached hydrogens (tertiary/aromatic N) is 2. The lowest BCUT2D eigenvalue weighted by Crippen LogP contribution is -2.14. The van der Waals surface area contributed by atoms with E-state index in [4.69, 9.17) is 15.3 Å². The molecule has 0 aromatic carbocycles. The van der Waals surface area contributed by atoms with E-state index in [0.717, 1.165) is 25.0 Å². The summed E-state index contributed by atoms with van der Waals surface area (Å²) in [5, 5.41) is 0. The first-order valence-corrected chi connectivity index (χ1v) is 5.84. The van der Waals surface area contributed by atoms with Gasteiger partial charge in [0.15, 0.2) is 0 Å². The summed E-state index contributed by atoms with van der Waals surface area (Å²) in [6, 6.07) is 0. The van der Waals surface area contributed by atoms with Crippen molar-refractivity contribution in [3.05, 3.63) is 11.9 Å². The van der Waals surface area contributed by atoms with Crippen LogP contribution in [0.5, 0.6) is 5.88 Å². The van der Waals surface area contributed by atoms with Crippen molar-refractivity contribution in [2.24, 2.45) is 5.84 Å². The normalized spacial score (nSPS) is 10.3. The Kier molecular flexibility index (Phi) is 6.27. The number of anilines is 1. The van der Waals surface area contributed by atoms with Gasteiger partial charge in [-0.15, -0.1) is 0 Å². The largest absolute Gasteiger partial charge is 0.475 e. The van der Waals surface area contributed by atoms with Crippen molar-refractivity contribution in [2.45, 2.75) is 26.7 Å². The molecule has 3 N–H and O–H groups in total. The molecule has 1 rings (SSSR count). The van der Waals surface area contributed by atoms with Crippen molar-refractivity contribution >= 4 is 5.82 Å². The number of nitrogens with two attached hydrogens (primary N) is 1. The van der Waals surface area contributed by atoms with Gasteiger partial charge < -0.3 is 14.9 Å². The average molecular weight is 240 g/mol. The predicted octanol–water partition coefficient (Wildman–Crippen LogP) is 1.13. The number of hydrogen-bond acceptors (Lipinski definition) is 6. The second-order valence-electron chi connectivity index (χ2n) is 3.46. The highest BCUT2D eigenvalue weighted by molar-refractivity contribution is 5.47. The monoisotopic (exact) mass is 240 g/mol. The van der Waals surface area contributed by atoms with Crippen LogP contribution < -0.4 is 16.0 Å². The third-order valence-corrected chi connectivity index (χ3v) is 2.21. The lowest BCUT2D eigenvalue weighted by molar-refractivity contribution is 0.0986. The number of rotatable bonds is 8. The van der Waals surface area contributed by atoms with Gasteiger partial charge in [-0.3, -0.25) is 0 Å². The maximum atomic E-state index is 5.55. The zero-order valence-electron chi connectivity index (χ0n) is 10.4. The second-order valence-corrected chi connectivity index (χ2v) is 3.46. The van der Waals surface area contributed by atoms with Gasteiger partial charge in [0.2, 0.25) is 5.88 Å². The molecule has 0 aliphatic rings. The Morgan fingerprint density at radius 2 is 2.06 bits per heavy atom. The molecule has 96 valence electrons. The van der Waals surface area contributed by atoms with E-state index < -0.39 is 0 Å². The van der Waals surface area contributed by atoms with Crippen LogP contribution in [-0.4, -0.2) is 29.8 Å². The zero-order chi connectivity index (χ0) is 12.5. The molecule has 0 fully saturated rings. The molecule has 1 aromatic heterocycles. The lowest BCUT2D eigenvalue weighted by atomic mass is 10.2. The van der Waals surface area contributed by atoms with E-state index in [1.807, 2.05) is 6.92 Å². The van der Waals surface area contributed by atoms with Gasteiger partial charge in [-0.1, -0.05) is 13.8 Å². The van der Waals surface area contributed by atoms with Crippen molar-refractivity contribution in [2.75, 3.05) is 25.2 Å². The maximum Gasteiger partial charge on any atom is 0.221 e. The Hall–Kier alpha value is -1.40. The van der Waals surface area contributed by atoms with Crippen molar-refractivity contribution in [3.8, 4) is 5.88 Å². The highest BCUT2D eigenvalue weighted by Gasteiger charge is 2.09. The smallest absolute Gasteiger partial charge is 0.221 e. The first-order valence-electron chi connectivity index (χ1n) is 5.84. The molecule has 0 aliphatic heterocycles. The molecule has 0 aliphatic carbocycles. The molecule has 0 amide bonds. The van der Waals surface area contributed by atoms with E-state index in [1.54, 1.807) is 0 Å². The van der Waals surface area contributed by atoms with E-state index in [9.17, 15) is 0 Å².